The lowest BCUT2D eigenvalue weighted by molar-refractivity contribution is -0.151. The Morgan fingerprint density at radius 2 is 1.87 bits per heavy atom. The molecule has 0 aliphatic carbocycles. The lowest BCUT2D eigenvalue weighted by Gasteiger charge is -2.29. The van der Waals surface area contributed by atoms with E-state index in [0.717, 1.165) is 5.56 Å². The highest BCUT2D eigenvalue weighted by Gasteiger charge is 2.25. The third kappa shape index (κ3) is 5.08. The predicted molar refractivity (Wildman–Crippen MR) is 109 cm³/mol. The molecule has 1 aliphatic rings. The Morgan fingerprint density at radius 1 is 1.13 bits per heavy atom. The van der Waals surface area contributed by atoms with Crippen LogP contribution in [-0.4, -0.2) is 56.6 Å². The Kier molecular flexibility index (Phi) is 6.90. The van der Waals surface area contributed by atoms with Gasteiger partial charge in [0, 0.05) is 25.7 Å². The highest BCUT2D eigenvalue weighted by atomic mass is 16.5. The quantitative estimate of drug-likeness (QED) is 0.617. The van der Waals surface area contributed by atoms with Gasteiger partial charge < -0.3 is 24.0 Å². The average Bonchev–Trinajstić information content (AvgIpc) is 2.77. The van der Waals surface area contributed by atoms with Crippen molar-refractivity contribution in [3.8, 4) is 11.5 Å². The van der Waals surface area contributed by atoms with Gasteiger partial charge >= 0.3 is 5.97 Å². The van der Waals surface area contributed by atoms with Gasteiger partial charge in [0.1, 0.15) is 11.5 Å². The molecule has 0 saturated heterocycles. The van der Waals surface area contributed by atoms with Crippen LogP contribution < -0.4 is 14.4 Å². The summed E-state index contributed by atoms with van der Waals surface area (Å²) in [6, 6.07) is 14.5. The van der Waals surface area contributed by atoms with Crippen LogP contribution in [0.2, 0.25) is 0 Å². The fourth-order valence-electron chi connectivity index (χ4n) is 3.10. The van der Waals surface area contributed by atoms with Crippen molar-refractivity contribution < 1.29 is 28.6 Å². The molecule has 1 aliphatic heterocycles. The Morgan fingerprint density at radius 3 is 2.67 bits per heavy atom. The maximum absolute atomic E-state index is 12.3. The van der Waals surface area contributed by atoms with Gasteiger partial charge in [-0.1, -0.05) is 30.3 Å². The third-order valence-corrected chi connectivity index (χ3v) is 4.73. The Hall–Kier alpha value is -3.55. The van der Waals surface area contributed by atoms with Crippen LogP contribution in [-0.2, 0) is 25.7 Å². The predicted octanol–water partition coefficient (Wildman–Crippen LogP) is 2.01. The Bertz CT molecular complexity index is 929. The number of likely N-dealkylation sites (N-methyl/N-ethyl adjacent to an activating group) is 1. The first-order chi connectivity index (χ1) is 14.5. The van der Waals surface area contributed by atoms with E-state index in [1.807, 2.05) is 30.3 Å². The fourth-order valence-corrected chi connectivity index (χ4v) is 3.10. The normalized spacial score (nSPS) is 12.6. The smallest absolute Gasteiger partial charge is 0.308 e. The molecule has 0 bridgehead atoms. The molecule has 0 radical (unpaired) electrons. The molecular weight excluding hydrogens is 388 g/mol. The van der Waals surface area contributed by atoms with Gasteiger partial charge in [0.15, 0.2) is 13.2 Å². The zero-order chi connectivity index (χ0) is 21.5. The molecule has 0 atom stereocenters. The second-order valence-corrected chi connectivity index (χ2v) is 6.77. The molecule has 0 saturated carbocycles. The number of para-hydroxylation sites is 3. The van der Waals surface area contributed by atoms with Gasteiger partial charge in [-0.2, -0.15) is 0 Å². The fraction of sp³-hybridized carbons (Fsp3) is 0.318. The average molecular weight is 412 g/mol. The van der Waals surface area contributed by atoms with E-state index in [-0.39, 0.29) is 38.0 Å². The van der Waals surface area contributed by atoms with Gasteiger partial charge in [-0.25, -0.2) is 0 Å². The van der Waals surface area contributed by atoms with E-state index in [4.69, 9.17) is 14.2 Å². The van der Waals surface area contributed by atoms with Crippen LogP contribution in [0.15, 0.2) is 48.5 Å². The molecule has 0 spiro atoms. The van der Waals surface area contributed by atoms with Gasteiger partial charge in [0.2, 0.25) is 0 Å². The minimum atomic E-state index is -0.550. The Labute approximate surface area is 174 Å². The van der Waals surface area contributed by atoms with Crippen molar-refractivity contribution in [3.05, 3.63) is 54.1 Å². The molecule has 0 unspecified atom stereocenters. The number of carbonyl (C=O) groups is 3. The SMILES string of the molecule is COc1ccccc1CN(C)C(=O)COC(=O)CCN1C(=O)COc2ccccc21. The first-order valence-corrected chi connectivity index (χ1v) is 9.53. The maximum Gasteiger partial charge on any atom is 0.308 e. The molecule has 30 heavy (non-hydrogen) atoms. The van der Waals surface area contributed by atoms with Crippen LogP contribution in [0.4, 0.5) is 5.69 Å². The van der Waals surface area contributed by atoms with E-state index in [1.165, 1.54) is 9.80 Å². The highest BCUT2D eigenvalue weighted by Crippen LogP contribution is 2.31. The summed E-state index contributed by atoms with van der Waals surface area (Å²) in [4.78, 5) is 39.5. The molecule has 1 heterocycles. The van der Waals surface area contributed by atoms with Crippen LogP contribution in [0.3, 0.4) is 0 Å². The van der Waals surface area contributed by atoms with Gasteiger partial charge in [-0.05, 0) is 18.2 Å². The van der Waals surface area contributed by atoms with Crippen molar-refractivity contribution in [2.45, 2.75) is 13.0 Å². The minimum absolute atomic E-state index is 0.0242. The number of nitrogens with zero attached hydrogens (tertiary/aromatic N) is 2. The number of hydrogen-bond donors (Lipinski definition) is 0. The molecule has 0 fully saturated rings. The first-order valence-electron chi connectivity index (χ1n) is 9.53. The number of hydrogen-bond acceptors (Lipinski definition) is 6. The van der Waals surface area contributed by atoms with Crippen molar-refractivity contribution in [1.29, 1.82) is 0 Å². The number of methoxy groups -OCH3 is 1. The van der Waals surface area contributed by atoms with E-state index < -0.39 is 5.97 Å². The second kappa shape index (κ2) is 9.78. The van der Waals surface area contributed by atoms with Crippen LogP contribution in [0.1, 0.15) is 12.0 Å². The maximum atomic E-state index is 12.3. The van der Waals surface area contributed by atoms with E-state index in [2.05, 4.69) is 0 Å². The summed E-state index contributed by atoms with van der Waals surface area (Å²) in [6.45, 7) is 0.0547. The topological polar surface area (TPSA) is 85.4 Å². The number of ether oxygens (including phenoxy) is 3. The van der Waals surface area contributed by atoms with E-state index >= 15 is 0 Å². The molecule has 2 aromatic carbocycles. The molecule has 0 N–H and O–H groups in total. The van der Waals surface area contributed by atoms with E-state index in [1.54, 1.807) is 32.4 Å². The van der Waals surface area contributed by atoms with E-state index in [9.17, 15) is 14.4 Å². The summed E-state index contributed by atoms with van der Waals surface area (Å²) >= 11 is 0. The number of carbonyl (C=O) groups excluding carboxylic acids is 3. The summed E-state index contributed by atoms with van der Waals surface area (Å²) in [5, 5.41) is 0. The highest BCUT2D eigenvalue weighted by molar-refractivity contribution is 5.98. The van der Waals surface area contributed by atoms with Gasteiger partial charge in [0.25, 0.3) is 11.8 Å². The molecule has 158 valence electrons. The van der Waals surface area contributed by atoms with Crippen LogP contribution in [0, 0.1) is 0 Å². The monoisotopic (exact) mass is 412 g/mol. The third-order valence-electron chi connectivity index (χ3n) is 4.73. The standard InChI is InChI=1S/C22H24N2O6/c1-23(13-16-7-3-5-9-18(16)28-2)20(25)14-30-22(27)11-12-24-17-8-4-6-10-19(17)29-15-21(24)26/h3-10H,11-15H2,1-2H3. The van der Waals surface area contributed by atoms with Gasteiger partial charge in [0.05, 0.1) is 19.2 Å². The van der Waals surface area contributed by atoms with Crippen LogP contribution in [0.5, 0.6) is 11.5 Å². The first kappa shape index (κ1) is 21.2. The lowest BCUT2D eigenvalue weighted by Crippen LogP contribution is -2.40. The summed E-state index contributed by atoms with van der Waals surface area (Å²) in [7, 11) is 3.20. The molecular formula is C22H24N2O6. The van der Waals surface area contributed by atoms with Gasteiger partial charge in [-0.3, -0.25) is 14.4 Å². The molecule has 0 aromatic heterocycles. The lowest BCUT2D eigenvalue weighted by atomic mass is 10.2. The van der Waals surface area contributed by atoms with Crippen LogP contribution in [0.25, 0.3) is 0 Å². The molecule has 3 rings (SSSR count). The van der Waals surface area contributed by atoms with Crippen molar-refractivity contribution in [3.63, 3.8) is 0 Å². The number of esters is 1. The van der Waals surface area contributed by atoms with Crippen molar-refractivity contribution >= 4 is 23.5 Å². The van der Waals surface area contributed by atoms with E-state index in [0.29, 0.717) is 23.7 Å². The zero-order valence-corrected chi connectivity index (χ0v) is 17.0. The minimum Gasteiger partial charge on any atom is -0.496 e. The molecule has 2 amide bonds. The number of amides is 2. The molecule has 2 aromatic rings. The number of benzene rings is 2. The molecule has 8 nitrogen and oxygen atoms in total. The Balaban J connectivity index is 1.47. The molecule has 8 heteroatoms. The van der Waals surface area contributed by atoms with Crippen molar-refractivity contribution in [2.24, 2.45) is 0 Å². The summed E-state index contributed by atoms with van der Waals surface area (Å²) in [5.74, 6) is 0.171. The van der Waals surface area contributed by atoms with Gasteiger partial charge in [-0.15, -0.1) is 0 Å². The number of fused-ring (bicyclic) bond motifs is 1. The van der Waals surface area contributed by atoms with Crippen molar-refractivity contribution in [2.75, 3.05) is 38.8 Å². The second-order valence-electron chi connectivity index (χ2n) is 6.77. The van der Waals surface area contributed by atoms with Crippen LogP contribution >= 0.6 is 0 Å². The zero-order valence-electron chi connectivity index (χ0n) is 17.0. The summed E-state index contributed by atoms with van der Waals surface area (Å²) in [6.07, 6.45) is -0.0242. The largest absolute Gasteiger partial charge is 0.496 e. The van der Waals surface area contributed by atoms with Crippen molar-refractivity contribution in [1.82, 2.24) is 4.90 Å². The number of rotatable bonds is 8. The number of anilines is 1. The summed E-state index contributed by atoms with van der Waals surface area (Å²) in [5.41, 5.74) is 1.47. The summed E-state index contributed by atoms with van der Waals surface area (Å²) < 4.78 is 15.8.